The summed E-state index contributed by atoms with van der Waals surface area (Å²) in [5.41, 5.74) is 2.16. The topological polar surface area (TPSA) is 29.5 Å². The minimum atomic E-state index is -0.122. The smallest absolute Gasteiger partial charge is 0.0663 e. The van der Waals surface area contributed by atoms with E-state index in [0.29, 0.717) is 39.1 Å². The van der Waals surface area contributed by atoms with Crippen LogP contribution < -0.4 is 0 Å². The zero-order valence-electron chi connectivity index (χ0n) is 22.1. The second-order valence-corrected chi connectivity index (χ2v) is 15.7. The molecule has 2 nitrogen and oxygen atoms in total. The van der Waals surface area contributed by atoms with Gasteiger partial charge in [0.05, 0.1) is 18.8 Å². The zero-order valence-corrected chi connectivity index (χ0v) is 22.1. The predicted molar refractivity (Wildman–Crippen MR) is 130 cm³/mol. The zero-order chi connectivity index (χ0) is 22.9. The lowest BCUT2D eigenvalue weighted by molar-refractivity contribution is -0.252. The molecule has 2 heteroatoms. The summed E-state index contributed by atoms with van der Waals surface area (Å²) in [7, 11) is 0. The monoisotopic (exact) mass is 442 g/mol. The Labute approximate surface area is 197 Å². The number of ether oxygens (including phenoxy) is 1. The molecular weight excluding hydrogens is 392 g/mol. The van der Waals surface area contributed by atoms with E-state index in [9.17, 15) is 5.11 Å². The molecule has 1 N–H and O–H groups in total. The fraction of sp³-hybridized carbons (Fsp3) is 1.00. The molecule has 5 saturated carbocycles. The minimum absolute atomic E-state index is 0.0586. The van der Waals surface area contributed by atoms with Crippen LogP contribution in [0.2, 0.25) is 0 Å². The summed E-state index contributed by atoms with van der Waals surface area (Å²) < 4.78 is 6.71. The molecule has 1 aliphatic heterocycles. The average molecular weight is 443 g/mol. The Bertz CT molecular complexity index is 801. The Morgan fingerprint density at radius 2 is 1.41 bits per heavy atom. The lowest BCUT2D eigenvalue weighted by Crippen LogP contribution is -2.67. The third-order valence-corrected chi connectivity index (χ3v) is 14.1. The highest BCUT2D eigenvalue weighted by molar-refractivity contribution is 5.21. The molecule has 1 saturated heterocycles. The van der Waals surface area contributed by atoms with Crippen LogP contribution >= 0.6 is 0 Å². The lowest BCUT2D eigenvalue weighted by atomic mass is 9.31. The van der Waals surface area contributed by atoms with Crippen LogP contribution in [-0.2, 0) is 4.74 Å². The van der Waals surface area contributed by atoms with Gasteiger partial charge in [0.1, 0.15) is 0 Å². The van der Waals surface area contributed by atoms with Crippen LogP contribution in [0.25, 0.3) is 0 Å². The van der Waals surface area contributed by atoms with Gasteiger partial charge < -0.3 is 9.84 Å². The van der Waals surface area contributed by atoms with Crippen molar-refractivity contribution in [1.82, 2.24) is 0 Å². The summed E-state index contributed by atoms with van der Waals surface area (Å²) in [5.74, 6) is 3.11. The van der Waals surface area contributed by atoms with Crippen molar-refractivity contribution in [3.8, 4) is 0 Å². The van der Waals surface area contributed by atoms with E-state index in [1.54, 1.807) is 0 Å². The van der Waals surface area contributed by atoms with E-state index >= 15 is 0 Å². The quantitative estimate of drug-likeness (QED) is 0.428. The third kappa shape index (κ3) is 2.41. The summed E-state index contributed by atoms with van der Waals surface area (Å²) in [5, 5.41) is 10.9. The molecule has 0 unspecified atom stereocenters. The van der Waals surface area contributed by atoms with E-state index in [-0.39, 0.29) is 11.5 Å². The van der Waals surface area contributed by atoms with Crippen LogP contribution in [0.15, 0.2) is 0 Å². The van der Waals surface area contributed by atoms with Crippen molar-refractivity contribution in [2.75, 3.05) is 6.61 Å². The Balaban J connectivity index is 1.39. The summed E-state index contributed by atoms with van der Waals surface area (Å²) in [6.45, 7) is 18.9. The highest BCUT2D eigenvalue weighted by Crippen LogP contribution is 2.78. The van der Waals surface area contributed by atoms with Crippen LogP contribution in [0, 0.1) is 56.2 Å². The van der Waals surface area contributed by atoms with E-state index in [4.69, 9.17) is 4.74 Å². The highest BCUT2D eigenvalue weighted by Gasteiger charge is 2.72. The Hall–Kier alpha value is -0.0800. The standard InChI is InChI=1S/C30H50O2/c1-25(2)14-16-30-17-15-28(6)19(23(30)24(25)32-18-30)8-9-21-27(5)12-11-22(31)26(3,4)20(27)10-13-29(21,28)7/h19-24,31H,8-18H2,1-7H3/t19-,20+,21+,22+,23-,24+,27+,28+,29+,30-/m1/s1. The van der Waals surface area contributed by atoms with E-state index in [1.807, 2.05) is 0 Å². The van der Waals surface area contributed by atoms with Crippen molar-refractivity contribution in [3.63, 3.8) is 0 Å². The minimum Gasteiger partial charge on any atom is -0.393 e. The number of hydrogen-bond acceptors (Lipinski definition) is 2. The first-order chi connectivity index (χ1) is 14.8. The summed E-state index contributed by atoms with van der Waals surface area (Å²) in [4.78, 5) is 0. The van der Waals surface area contributed by atoms with Crippen molar-refractivity contribution in [2.45, 2.75) is 125 Å². The molecule has 0 aromatic heterocycles. The first-order valence-electron chi connectivity index (χ1n) is 14.1. The van der Waals surface area contributed by atoms with E-state index in [0.717, 1.165) is 30.8 Å². The number of aliphatic hydroxyl groups excluding tert-OH is 1. The lowest BCUT2D eigenvalue weighted by Gasteiger charge is -2.73. The number of aliphatic hydroxyl groups is 1. The molecule has 0 amide bonds. The maximum atomic E-state index is 10.9. The van der Waals surface area contributed by atoms with Crippen molar-refractivity contribution < 1.29 is 9.84 Å². The van der Waals surface area contributed by atoms with Gasteiger partial charge in [0.15, 0.2) is 0 Å². The molecule has 0 aromatic rings. The molecule has 2 bridgehead atoms. The van der Waals surface area contributed by atoms with E-state index in [2.05, 4.69) is 48.5 Å². The molecule has 6 fully saturated rings. The van der Waals surface area contributed by atoms with Gasteiger partial charge >= 0.3 is 0 Å². The largest absolute Gasteiger partial charge is 0.393 e. The van der Waals surface area contributed by atoms with Gasteiger partial charge in [0.2, 0.25) is 0 Å². The number of hydrogen-bond donors (Lipinski definition) is 1. The number of rotatable bonds is 0. The maximum Gasteiger partial charge on any atom is 0.0663 e. The van der Waals surface area contributed by atoms with Gasteiger partial charge in [-0.05, 0) is 120 Å². The van der Waals surface area contributed by atoms with Crippen LogP contribution in [-0.4, -0.2) is 23.9 Å². The fourth-order valence-corrected chi connectivity index (χ4v) is 12.0. The molecule has 6 rings (SSSR count). The number of fused-ring (bicyclic) bond motifs is 5. The first kappa shape index (κ1) is 22.4. The molecule has 0 spiro atoms. The molecule has 0 radical (unpaired) electrons. The summed E-state index contributed by atoms with van der Waals surface area (Å²) >= 11 is 0. The first-order valence-corrected chi connectivity index (χ1v) is 14.1. The molecule has 6 aliphatic rings. The van der Waals surface area contributed by atoms with Gasteiger partial charge in [-0.1, -0.05) is 48.5 Å². The van der Waals surface area contributed by atoms with E-state index < -0.39 is 0 Å². The van der Waals surface area contributed by atoms with Crippen molar-refractivity contribution in [1.29, 1.82) is 0 Å². The third-order valence-electron chi connectivity index (χ3n) is 14.1. The fourth-order valence-electron chi connectivity index (χ4n) is 12.0. The molecule has 10 atom stereocenters. The summed E-state index contributed by atoms with van der Waals surface area (Å²) in [6, 6.07) is 0. The SMILES string of the molecule is CC1(C)CC[C@]23CC[C@@]4(C)[C@H](CC[C@H]5[C@@]6(C)CC[C@H](O)C(C)(C)[C@@H]6CC[C@@]54C)[C@@H]2[C@@H]1OC3. The molecule has 0 aromatic carbocycles. The van der Waals surface area contributed by atoms with Crippen LogP contribution in [0.1, 0.15) is 113 Å². The van der Waals surface area contributed by atoms with Gasteiger partial charge in [0, 0.05) is 0 Å². The molecule has 1 heterocycles. The Kier molecular flexibility index (Phi) is 4.46. The normalized spacial score (nSPS) is 60.0. The molecule has 5 aliphatic carbocycles. The van der Waals surface area contributed by atoms with Crippen LogP contribution in [0.4, 0.5) is 0 Å². The molecular formula is C30H50O2. The van der Waals surface area contributed by atoms with Crippen LogP contribution in [0.3, 0.4) is 0 Å². The van der Waals surface area contributed by atoms with Gasteiger partial charge in [-0.25, -0.2) is 0 Å². The highest BCUT2D eigenvalue weighted by atomic mass is 16.5. The van der Waals surface area contributed by atoms with Crippen molar-refractivity contribution in [2.24, 2.45) is 56.2 Å². The second kappa shape index (κ2) is 6.37. The maximum absolute atomic E-state index is 10.9. The molecule has 182 valence electrons. The van der Waals surface area contributed by atoms with Crippen molar-refractivity contribution >= 4 is 0 Å². The average Bonchev–Trinajstić information content (AvgIpc) is 3.05. The molecule has 32 heavy (non-hydrogen) atoms. The van der Waals surface area contributed by atoms with Crippen molar-refractivity contribution in [3.05, 3.63) is 0 Å². The van der Waals surface area contributed by atoms with Gasteiger partial charge in [-0.2, -0.15) is 0 Å². The van der Waals surface area contributed by atoms with Gasteiger partial charge in [0.25, 0.3) is 0 Å². The van der Waals surface area contributed by atoms with E-state index in [1.165, 1.54) is 57.8 Å². The summed E-state index contributed by atoms with van der Waals surface area (Å²) in [6.07, 6.45) is 13.7. The predicted octanol–water partition coefficient (Wildman–Crippen LogP) is 7.24. The Morgan fingerprint density at radius 1 is 0.688 bits per heavy atom. The van der Waals surface area contributed by atoms with Gasteiger partial charge in [-0.15, -0.1) is 0 Å². The second-order valence-electron chi connectivity index (χ2n) is 15.7. The van der Waals surface area contributed by atoms with Gasteiger partial charge in [-0.3, -0.25) is 0 Å². The Morgan fingerprint density at radius 3 is 2.16 bits per heavy atom. The van der Waals surface area contributed by atoms with Crippen LogP contribution in [0.5, 0.6) is 0 Å².